The van der Waals surface area contributed by atoms with E-state index < -0.39 is 17.9 Å². The highest BCUT2D eigenvalue weighted by Gasteiger charge is 2.34. The van der Waals surface area contributed by atoms with Crippen molar-refractivity contribution in [1.82, 2.24) is 4.98 Å². The summed E-state index contributed by atoms with van der Waals surface area (Å²) >= 11 is 1.07. The normalized spacial score (nSPS) is 10.4. The Balaban J connectivity index is 2.45. The first-order valence-electron chi connectivity index (χ1n) is 6.05. The molecule has 7 heteroatoms. The summed E-state index contributed by atoms with van der Waals surface area (Å²) in [5, 5.41) is 0.680. The lowest BCUT2D eigenvalue weighted by Gasteiger charge is -2.09. The number of methoxy groups -OCH3 is 2. The van der Waals surface area contributed by atoms with E-state index in [1.54, 1.807) is 0 Å². The molecule has 1 heterocycles. The fourth-order valence-electron chi connectivity index (χ4n) is 1.81. The third kappa shape index (κ3) is 3.03. The highest BCUT2D eigenvalue weighted by atomic mass is 32.1. The number of nitrogens with zero attached hydrogens (tertiary/aromatic N) is 1. The molecule has 21 heavy (non-hydrogen) atoms. The van der Waals surface area contributed by atoms with Crippen molar-refractivity contribution in [3.05, 3.63) is 35.3 Å². The zero-order chi connectivity index (χ0) is 15.4. The largest absolute Gasteiger partial charge is 0.468 e. The number of hydrogen-bond donors (Lipinski definition) is 1. The molecule has 0 unspecified atom stereocenters. The summed E-state index contributed by atoms with van der Waals surface area (Å²) in [7, 11) is 2.40. The van der Waals surface area contributed by atoms with Crippen molar-refractivity contribution in [1.29, 1.82) is 0 Å². The number of benzene rings is 1. The Labute approximate surface area is 125 Å². The van der Waals surface area contributed by atoms with Crippen LogP contribution in [0.2, 0.25) is 0 Å². The second-order valence-electron chi connectivity index (χ2n) is 4.11. The van der Waals surface area contributed by atoms with Gasteiger partial charge in [0.05, 0.1) is 14.2 Å². The molecule has 1 aromatic carbocycles. The Bertz CT molecular complexity index is 638. The van der Waals surface area contributed by atoms with Crippen molar-refractivity contribution >= 4 is 28.3 Å². The lowest BCUT2D eigenvalue weighted by atomic mass is 10.1. The minimum Gasteiger partial charge on any atom is -0.468 e. The van der Waals surface area contributed by atoms with Crippen LogP contribution in [-0.4, -0.2) is 31.1 Å². The Morgan fingerprint density at radius 1 is 1.14 bits per heavy atom. The third-order valence-electron chi connectivity index (χ3n) is 2.84. The monoisotopic (exact) mass is 306 g/mol. The van der Waals surface area contributed by atoms with Crippen LogP contribution < -0.4 is 5.73 Å². The molecule has 0 radical (unpaired) electrons. The van der Waals surface area contributed by atoms with Crippen LogP contribution in [-0.2, 0) is 19.1 Å². The first kappa shape index (κ1) is 15.0. The van der Waals surface area contributed by atoms with Crippen molar-refractivity contribution in [3.63, 3.8) is 0 Å². The van der Waals surface area contributed by atoms with Gasteiger partial charge in [-0.15, -0.1) is 0 Å². The van der Waals surface area contributed by atoms with Crippen LogP contribution in [0, 0.1) is 0 Å². The fourth-order valence-corrected chi connectivity index (χ4v) is 2.74. The maximum atomic E-state index is 11.8. The van der Waals surface area contributed by atoms with Crippen molar-refractivity contribution in [3.8, 4) is 11.3 Å². The highest BCUT2D eigenvalue weighted by Crippen LogP contribution is 2.34. The molecule has 0 aliphatic rings. The third-order valence-corrected chi connectivity index (χ3v) is 3.79. The number of rotatable bonds is 4. The predicted octanol–water partition coefficient (Wildman–Crippen LogP) is 1.82. The Hall–Kier alpha value is -2.41. The summed E-state index contributed by atoms with van der Waals surface area (Å²) in [6.07, 6.45) is 0. The lowest BCUT2D eigenvalue weighted by molar-refractivity contribution is -0.154. The molecule has 0 saturated carbocycles. The van der Waals surface area contributed by atoms with Crippen molar-refractivity contribution in [2.45, 2.75) is 5.92 Å². The summed E-state index contributed by atoms with van der Waals surface area (Å²) in [6, 6.07) is 9.28. The fraction of sp³-hybridized carbons (Fsp3) is 0.214. The second-order valence-corrected chi connectivity index (χ2v) is 5.17. The summed E-state index contributed by atoms with van der Waals surface area (Å²) < 4.78 is 9.26. The summed E-state index contributed by atoms with van der Waals surface area (Å²) in [5.41, 5.74) is 7.29. The number of aromatic nitrogens is 1. The van der Waals surface area contributed by atoms with Gasteiger partial charge in [-0.05, 0) is 0 Å². The van der Waals surface area contributed by atoms with Crippen LogP contribution >= 0.6 is 11.3 Å². The number of carbonyl (C=O) groups is 2. The van der Waals surface area contributed by atoms with E-state index >= 15 is 0 Å². The van der Waals surface area contributed by atoms with Gasteiger partial charge in [0.25, 0.3) is 0 Å². The minimum absolute atomic E-state index is 0.255. The second kappa shape index (κ2) is 6.36. The Morgan fingerprint density at radius 3 is 2.24 bits per heavy atom. The van der Waals surface area contributed by atoms with Gasteiger partial charge < -0.3 is 15.2 Å². The molecule has 6 nitrogen and oxygen atoms in total. The van der Waals surface area contributed by atoms with Gasteiger partial charge in [0, 0.05) is 5.56 Å². The molecule has 2 aromatic rings. The molecule has 1 aromatic heterocycles. The first-order chi connectivity index (χ1) is 10.1. The van der Waals surface area contributed by atoms with Crippen LogP contribution in [0.4, 0.5) is 5.00 Å². The van der Waals surface area contributed by atoms with Gasteiger partial charge in [-0.25, -0.2) is 4.98 Å². The van der Waals surface area contributed by atoms with Gasteiger partial charge in [0.15, 0.2) is 0 Å². The van der Waals surface area contributed by atoms with E-state index in [1.165, 1.54) is 14.2 Å². The number of nitrogens with two attached hydrogens (primary N) is 1. The molecule has 0 atom stereocenters. The molecule has 0 fully saturated rings. The number of anilines is 1. The quantitative estimate of drug-likeness (QED) is 0.684. The number of thiazole rings is 1. The van der Waals surface area contributed by atoms with Gasteiger partial charge in [0.2, 0.25) is 5.92 Å². The smallest absolute Gasteiger partial charge is 0.327 e. The number of esters is 2. The summed E-state index contributed by atoms with van der Waals surface area (Å²) in [6.45, 7) is 0. The van der Waals surface area contributed by atoms with E-state index in [4.69, 9.17) is 5.73 Å². The minimum atomic E-state index is -1.22. The molecule has 2 N–H and O–H groups in total. The number of carbonyl (C=O) groups excluding carboxylic acids is 2. The van der Waals surface area contributed by atoms with Crippen LogP contribution in [0.3, 0.4) is 0 Å². The number of nitrogen functional groups attached to an aromatic ring is 1. The van der Waals surface area contributed by atoms with E-state index in [0.717, 1.165) is 16.9 Å². The molecule has 110 valence electrons. The van der Waals surface area contributed by atoms with Gasteiger partial charge in [-0.3, -0.25) is 9.59 Å². The molecular weight excluding hydrogens is 292 g/mol. The molecule has 0 spiro atoms. The van der Waals surface area contributed by atoms with Crippen LogP contribution in [0.25, 0.3) is 11.3 Å². The summed E-state index contributed by atoms with van der Waals surface area (Å²) in [4.78, 5) is 27.9. The SMILES string of the molecule is COC(=O)C(C(=O)OC)c1nc(-c2ccccc2)c(N)s1. The van der Waals surface area contributed by atoms with E-state index in [-0.39, 0.29) is 5.01 Å². The Kier molecular flexibility index (Phi) is 4.54. The molecule has 0 amide bonds. The van der Waals surface area contributed by atoms with Crippen molar-refractivity contribution in [2.75, 3.05) is 20.0 Å². The maximum absolute atomic E-state index is 11.8. The maximum Gasteiger partial charge on any atom is 0.327 e. The van der Waals surface area contributed by atoms with E-state index in [1.807, 2.05) is 30.3 Å². The Morgan fingerprint density at radius 2 is 1.71 bits per heavy atom. The van der Waals surface area contributed by atoms with Crippen LogP contribution in [0.15, 0.2) is 30.3 Å². The summed E-state index contributed by atoms with van der Waals surface area (Å²) in [5.74, 6) is -2.67. The van der Waals surface area contributed by atoms with Gasteiger partial charge in [-0.1, -0.05) is 41.7 Å². The van der Waals surface area contributed by atoms with Gasteiger partial charge in [-0.2, -0.15) is 0 Å². The zero-order valence-corrected chi connectivity index (χ0v) is 12.3. The van der Waals surface area contributed by atoms with Crippen LogP contribution in [0.1, 0.15) is 10.9 Å². The van der Waals surface area contributed by atoms with Crippen molar-refractivity contribution < 1.29 is 19.1 Å². The number of hydrogen-bond acceptors (Lipinski definition) is 7. The first-order valence-corrected chi connectivity index (χ1v) is 6.87. The van der Waals surface area contributed by atoms with Crippen LogP contribution in [0.5, 0.6) is 0 Å². The predicted molar refractivity (Wildman–Crippen MR) is 78.7 cm³/mol. The molecule has 0 aliphatic heterocycles. The average molecular weight is 306 g/mol. The van der Waals surface area contributed by atoms with E-state index in [9.17, 15) is 9.59 Å². The molecule has 0 aliphatic carbocycles. The van der Waals surface area contributed by atoms with Gasteiger partial charge in [0.1, 0.15) is 15.7 Å². The molecule has 0 saturated heterocycles. The van der Waals surface area contributed by atoms with E-state index in [0.29, 0.717) is 10.7 Å². The molecule has 2 rings (SSSR count). The lowest BCUT2D eigenvalue weighted by Crippen LogP contribution is -2.24. The molecular formula is C14H14N2O4S. The molecule has 0 bridgehead atoms. The standard InChI is InChI=1S/C14H14N2O4S/c1-19-13(17)9(14(18)20-2)12-16-10(11(15)21-12)8-6-4-3-5-7-8/h3-7,9H,15H2,1-2H3. The topological polar surface area (TPSA) is 91.5 Å². The van der Waals surface area contributed by atoms with E-state index in [2.05, 4.69) is 14.5 Å². The zero-order valence-electron chi connectivity index (χ0n) is 11.5. The number of ether oxygens (including phenoxy) is 2. The van der Waals surface area contributed by atoms with Crippen molar-refractivity contribution in [2.24, 2.45) is 0 Å². The highest BCUT2D eigenvalue weighted by molar-refractivity contribution is 7.16. The van der Waals surface area contributed by atoms with Gasteiger partial charge >= 0.3 is 11.9 Å². The average Bonchev–Trinajstić information content (AvgIpc) is 2.89.